The van der Waals surface area contributed by atoms with Gasteiger partial charge in [0.1, 0.15) is 11.5 Å². The van der Waals surface area contributed by atoms with Gasteiger partial charge in [0.2, 0.25) is 0 Å². The molecule has 6 rings (SSSR count). The summed E-state index contributed by atoms with van der Waals surface area (Å²) in [4.78, 5) is 18.0. The Labute approximate surface area is 237 Å². The van der Waals surface area contributed by atoms with Crippen molar-refractivity contribution in [3.63, 3.8) is 0 Å². The Balaban J connectivity index is 1.26. The topological polar surface area (TPSA) is 42.0 Å². The van der Waals surface area contributed by atoms with Crippen molar-refractivity contribution in [1.82, 2.24) is 4.90 Å². The number of para-hydroxylation sites is 1. The zero-order valence-electron chi connectivity index (χ0n) is 23.3. The molecule has 2 heterocycles. The molecule has 0 aromatic heterocycles. The normalized spacial score (nSPS) is 16.4. The molecule has 0 unspecified atom stereocenters. The SMILES string of the molecule is COc1ccc(C2(c3ccc(OC)cc3)CCCN(Cc3cccc(C(=O)N4CCc5ccccc54)c3)C2)cc1. The second-order valence-electron chi connectivity index (χ2n) is 10.9. The second kappa shape index (κ2) is 11.2. The van der Waals surface area contributed by atoms with Crippen molar-refractivity contribution in [3.05, 3.63) is 125 Å². The third-order valence-corrected chi connectivity index (χ3v) is 8.57. The van der Waals surface area contributed by atoms with Gasteiger partial charge in [-0.15, -0.1) is 0 Å². The number of anilines is 1. The number of hydrogen-bond acceptors (Lipinski definition) is 4. The Morgan fingerprint density at radius 2 is 1.48 bits per heavy atom. The number of rotatable bonds is 7. The summed E-state index contributed by atoms with van der Waals surface area (Å²) in [5.41, 5.74) is 6.64. The van der Waals surface area contributed by atoms with Gasteiger partial charge in [-0.05, 0) is 90.5 Å². The second-order valence-corrected chi connectivity index (χ2v) is 10.9. The monoisotopic (exact) mass is 532 g/mol. The molecule has 4 aromatic rings. The van der Waals surface area contributed by atoms with Crippen LogP contribution in [0.3, 0.4) is 0 Å². The lowest BCUT2D eigenvalue weighted by molar-refractivity contribution is 0.0989. The number of carbonyl (C=O) groups excluding carboxylic acids is 1. The van der Waals surface area contributed by atoms with Crippen LogP contribution in [-0.2, 0) is 18.4 Å². The summed E-state index contributed by atoms with van der Waals surface area (Å²) in [6, 6.07) is 33.5. The number of amides is 1. The van der Waals surface area contributed by atoms with Gasteiger partial charge in [0.15, 0.2) is 0 Å². The molecule has 0 bridgehead atoms. The number of carbonyl (C=O) groups is 1. The van der Waals surface area contributed by atoms with E-state index in [1.807, 2.05) is 29.2 Å². The number of benzene rings is 4. The molecule has 0 aliphatic carbocycles. The van der Waals surface area contributed by atoms with Crippen molar-refractivity contribution in [2.24, 2.45) is 0 Å². The summed E-state index contributed by atoms with van der Waals surface area (Å²) in [6.45, 7) is 3.45. The average molecular weight is 533 g/mol. The first-order chi connectivity index (χ1) is 19.6. The number of nitrogens with zero attached hydrogens (tertiary/aromatic N) is 2. The number of piperidine rings is 1. The van der Waals surface area contributed by atoms with Gasteiger partial charge in [-0.3, -0.25) is 9.69 Å². The van der Waals surface area contributed by atoms with Gasteiger partial charge in [-0.2, -0.15) is 0 Å². The van der Waals surface area contributed by atoms with Crippen molar-refractivity contribution in [3.8, 4) is 11.5 Å². The summed E-state index contributed by atoms with van der Waals surface area (Å²) in [5.74, 6) is 1.81. The Hall–Kier alpha value is -4.09. The molecular weight excluding hydrogens is 496 g/mol. The van der Waals surface area contributed by atoms with E-state index in [1.54, 1.807) is 14.2 Å². The minimum atomic E-state index is -0.149. The zero-order chi connectivity index (χ0) is 27.5. The van der Waals surface area contributed by atoms with E-state index < -0.39 is 0 Å². The van der Waals surface area contributed by atoms with Crippen molar-refractivity contribution in [2.45, 2.75) is 31.2 Å². The number of hydrogen-bond donors (Lipinski definition) is 0. The Kier molecular flexibility index (Phi) is 7.31. The van der Waals surface area contributed by atoms with Crippen LogP contribution in [0.5, 0.6) is 11.5 Å². The lowest BCUT2D eigenvalue weighted by Crippen LogP contribution is -2.46. The molecule has 0 atom stereocenters. The summed E-state index contributed by atoms with van der Waals surface area (Å²) in [7, 11) is 3.41. The quantitative estimate of drug-likeness (QED) is 0.273. The maximum absolute atomic E-state index is 13.5. The van der Waals surface area contributed by atoms with Crippen LogP contribution in [0.25, 0.3) is 0 Å². The lowest BCUT2D eigenvalue weighted by Gasteiger charge is -2.44. The first kappa shape index (κ1) is 26.1. The number of ether oxygens (including phenoxy) is 2. The fourth-order valence-electron chi connectivity index (χ4n) is 6.50. The van der Waals surface area contributed by atoms with Gasteiger partial charge < -0.3 is 14.4 Å². The summed E-state index contributed by atoms with van der Waals surface area (Å²) in [6.07, 6.45) is 3.06. The highest BCUT2D eigenvalue weighted by atomic mass is 16.5. The van der Waals surface area contributed by atoms with E-state index in [0.717, 1.165) is 68.2 Å². The minimum absolute atomic E-state index is 0.0799. The van der Waals surface area contributed by atoms with E-state index >= 15 is 0 Å². The van der Waals surface area contributed by atoms with E-state index in [2.05, 4.69) is 77.7 Å². The average Bonchev–Trinajstić information content (AvgIpc) is 3.45. The molecule has 4 aromatic carbocycles. The van der Waals surface area contributed by atoms with Gasteiger partial charge >= 0.3 is 0 Å². The van der Waals surface area contributed by atoms with Gasteiger partial charge in [0, 0.05) is 36.3 Å². The molecule has 5 nitrogen and oxygen atoms in total. The Morgan fingerprint density at radius 1 is 0.800 bits per heavy atom. The van der Waals surface area contributed by atoms with E-state index in [-0.39, 0.29) is 11.3 Å². The van der Waals surface area contributed by atoms with Crippen LogP contribution < -0.4 is 14.4 Å². The molecule has 2 aliphatic heterocycles. The molecule has 1 saturated heterocycles. The Morgan fingerprint density at radius 3 is 2.15 bits per heavy atom. The molecule has 0 spiro atoms. The highest BCUT2D eigenvalue weighted by Gasteiger charge is 2.39. The predicted molar refractivity (Wildman–Crippen MR) is 160 cm³/mol. The Bertz CT molecular complexity index is 1430. The van der Waals surface area contributed by atoms with Crippen molar-refractivity contribution < 1.29 is 14.3 Å². The van der Waals surface area contributed by atoms with Gasteiger partial charge in [-0.1, -0.05) is 54.6 Å². The van der Waals surface area contributed by atoms with Gasteiger partial charge in [0.05, 0.1) is 14.2 Å². The lowest BCUT2D eigenvalue weighted by atomic mass is 9.69. The fraction of sp³-hybridized carbons (Fsp3) is 0.286. The van der Waals surface area contributed by atoms with Gasteiger partial charge in [0.25, 0.3) is 5.91 Å². The predicted octanol–water partition coefficient (Wildman–Crippen LogP) is 6.49. The maximum Gasteiger partial charge on any atom is 0.258 e. The van der Waals surface area contributed by atoms with E-state index in [9.17, 15) is 4.79 Å². The molecule has 5 heteroatoms. The molecule has 1 fully saturated rings. The molecular formula is C35H36N2O3. The first-order valence-electron chi connectivity index (χ1n) is 14.1. The third-order valence-electron chi connectivity index (χ3n) is 8.57. The molecule has 2 aliphatic rings. The molecule has 1 amide bonds. The highest BCUT2D eigenvalue weighted by molar-refractivity contribution is 6.07. The third kappa shape index (κ3) is 4.98. The van der Waals surface area contributed by atoms with E-state index in [4.69, 9.17) is 9.47 Å². The van der Waals surface area contributed by atoms with Crippen LogP contribution in [0.4, 0.5) is 5.69 Å². The van der Waals surface area contributed by atoms with Gasteiger partial charge in [-0.25, -0.2) is 0 Å². The van der Waals surface area contributed by atoms with Crippen molar-refractivity contribution >= 4 is 11.6 Å². The summed E-state index contributed by atoms with van der Waals surface area (Å²) >= 11 is 0. The van der Waals surface area contributed by atoms with Crippen molar-refractivity contribution in [1.29, 1.82) is 0 Å². The number of methoxy groups -OCH3 is 2. The van der Waals surface area contributed by atoms with Crippen LogP contribution in [0.15, 0.2) is 97.1 Å². The van der Waals surface area contributed by atoms with Crippen LogP contribution in [-0.4, -0.2) is 44.7 Å². The van der Waals surface area contributed by atoms with Crippen LogP contribution >= 0.6 is 0 Å². The summed E-state index contributed by atoms with van der Waals surface area (Å²) < 4.78 is 10.9. The number of likely N-dealkylation sites (tertiary alicyclic amines) is 1. The highest BCUT2D eigenvalue weighted by Crippen LogP contribution is 2.42. The maximum atomic E-state index is 13.5. The zero-order valence-corrected chi connectivity index (χ0v) is 23.3. The van der Waals surface area contributed by atoms with E-state index in [0.29, 0.717) is 0 Å². The molecule has 0 N–H and O–H groups in total. The molecule has 0 radical (unpaired) electrons. The van der Waals surface area contributed by atoms with Crippen LogP contribution in [0, 0.1) is 0 Å². The largest absolute Gasteiger partial charge is 0.497 e. The van der Waals surface area contributed by atoms with Crippen LogP contribution in [0.2, 0.25) is 0 Å². The standard InChI is InChI=1S/C35H36N2O3/c1-39-31-15-11-29(12-16-31)35(30-13-17-32(40-2)18-14-30)20-6-21-36(25-35)24-26-7-5-9-28(23-26)34(38)37-22-19-27-8-3-4-10-33(27)37/h3-5,7-18,23H,6,19-22,24-25H2,1-2H3. The minimum Gasteiger partial charge on any atom is -0.497 e. The first-order valence-corrected chi connectivity index (χ1v) is 14.1. The molecule has 204 valence electrons. The molecule has 40 heavy (non-hydrogen) atoms. The van der Waals surface area contributed by atoms with Crippen molar-refractivity contribution in [2.75, 3.05) is 38.8 Å². The fourth-order valence-corrected chi connectivity index (χ4v) is 6.50. The summed E-state index contributed by atoms with van der Waals surface area (Å²) in [5, 5.41) is 0. The van der Waals surface area contributed by atoms with E-state index in [1.165, 1.54) is 22.3 Å². The van der Waals surface area contributed by atoms with Crippen LogP contribution in [0.1, 0.15) is 45.5 Å². The number of fused-ring (bicyclic) bond motifs is 1. The smallest absolute Gasteiger partial charge is 0.258 e. The molecule has 0 saturated carbocycles.